The van der Waals surface area contributed by atoms with Gasteiger partial charge in [-0.1, -0.05) is 23.7 Å². The molecule has 6 rings (SSSR count). The van der Waals surface area contributed by atoms with Gasteiger partial charge in [0.05, 0.1) is 37.2 Å². The van der Waals surface area contributed by atoms with Crippen molar-refractivity contribution in [1.82, 2.24) is 29.0 Å². The maximum absolute atomic E-state index is 14.2. The summed E-state index contributed by atoms with van der Waals surface area (Å²) in [5.41, 5.74) is 3.44. The fraction of sp³-hybridized carbons (Fsp3) is 0.394. The van der Waals surface area contributed by atoms with Crippen LogP contribution < -0.4 is 4.74 Å². The number of rotatable bonds is 11. The van der Waals surface area contributed by atoms with Crippen molar-refractivity contribution in [3.63, 3.8) is 0 Å². The monoisotopic (exact) mass is 650 g/mol. The van der Waals surface area contributed by atoms with Crippen molar-refractivity contribution in [1.29, 1.82) is 0 Å². The number of hydrogen-bond acceptors (Lipinski definition) is 8. The standard InChI is InChI=1S/C33H36ClFN6O3S/c1-4-43-33(42)29-15-28-32(45-29)38-30(40(28)17-25-16-36-20-41(25)21(2)3)18-39-12-10-22(11-13-39)27-6-5-7-31(37-27)44-19-23-8-9-24(34)14-26(23)35/h5-9,14-16,20-22H,4,10-13,17-19H2,1-3H3. The third kappa shape index (κ3) is 7.05. The highest BCUT2D eigenvalue weighted by molar-refractivity contribution is 7.20. The molecule has 4 aromatic heterocycles. The lowest BCUT2D eigenvalue weighted by Crippen LogP contribution is -2.33. The number of carbonyl (C=O) groups is 1. The van der Waals surface area contributed by atoms with E-state index in [1.54, 1.807) is 18.2 Å². The van der Waals surface area contributed by atoms with Crippen LogP contribution in [0, 0.1) is 5.82 Å². The molecule has 0 amide bonds. The van der Waals surface area contributed by atoms with Crippen LogP contribution in [0.25, 0.3) is 10.3 Å². The summed E-state index contributed by atoms with van der Waals surface area (Å²) in [6, 6.07) is 12.5. The molecule has 5 heterocycles. The van der Waals surface area contributed by atoms with Gasteiger partial charge in [-0.15, -0.1) is 11.3 Å². The summed E-state index contributed by atoms with van der Waals surface area (Å²) in [5, 5.41) is 0.355. The van der Waals surface area contributed by atoms with Gasteiger partial charge in [0.25, 0.3) is 0 Å². The molecule has 0 saturated carbocycles. The van der Waals surface area contributed by atoms with E-state index >= 15 is 0 Å². The van der Waals surface area contributed by atoms with Gasteiger partial charge >= 0.3 is 5.97 Å². The van der Waals surface area contributed by atoms with Gasteiger partial charge in [-0.3, -0.25) is 4.90 Å². The summed E-state index contributed by atoms with van der Waals surface area (Å²) in [5.74, 6) is 1.03. The number of fused-ring (bicyclic) bond motifs is 1. The number of piperidine rings is 1. The number of imidazole rings is 2. The normalized spacial score (nSPS) is 14.4. The molecule has 0 aliphatic carbocycles. The first-order valence-corrected chi connectivity index (χ1v) is 16.4. The molecule has 1 fully saturated rings. The van der Waals surface area contributed by atoms with E-state index in [4.69, 9.17) is 31.0 Å². The fourth-order valence-corrected chi connectivity index (χ4v) is 6.86. The van der Waals surface area contributed by atoms with Gasteiger partial charge in [-0.05, 0) is 71.0 Å². The highest BCUT2D eigenvalue weighted by atomic mass is 35.5. The number of aromatic nitrogens is 5. The molecule has 0 radical (unpaired) electrons. The zero-order chi connectivity index (χ0) is 31.5. The Bertz CT molecular complexity index is 1790. The topological polar surface area (TPSA) is 87.3 Å². The number of thiophene rings is 1. The Balaban J connectivity index is 1.14. The number of pyridine rings is 1. The average Bonchev–Trinajstić information content (AvgIpc) is 3.74. The number of nitrogens with zero attached hydrogens (tertiary/aromatic N) is 6. The SMILES string of the molecule is CCOC(=O)c1cc2c(nc(CN3CCC(c4cccc(OCc5ccc(Cl)cc5F)n4)CC3)n2Cc2cncn2C(C)C)s1. The van der Waals surface area contributed by atoms with E-state index in [0.717, 1.165) is 53.5 Å². The largest absolute Gasteiger partial charge is 0.473 e. The van der Waals surface area contributed by atoms with Crippen LogP contribution in [0.3, 0.4) is 0 Å². The quantitative estimate of drug-likeness (QED) is 0.139. The smallest absolute Gasteiger partial charge is 0.348 e. The molecule has 9 nitrogen and oxygen atoms in total. The lowest BCUT2D eigenvalue weighted by molar-refractivity contribution is 0.0532. The van der Waals surface area contributed by atoms with Crippen molar-refractivity contribution in [2.24, 2.45) is 0 Å². The van der Waals surface area contributed by atoms with Crippen molar-refractivity contribution in [3.05, 3.63) is 93.5 Å². The van der Waals surface area contributed by atoms with E-state index in [9.17, 15) is 9.18 Å². The fourth-order valence-electron chi connectivity index (χ4n) is 5.76. The van der Waals surface area contributed by atoms with E-state index in [1.807, 2.05) is 37.6 Å². The molecule has 0 N–H and O–H groups in total. The van der Waals surface area contributed by atoms with Crippen LogP contribution in [0.5, 0.6) is 5.88 Å². The number of halogens is 2. The number of benzene rings is 1. The predicted octanol–water partition coefficient (Wildman–Crippen LogP) is 7.25. The van der Waals surface area contributed by atoms with E-state index in [-0.39, 0.29) is 18.6 Å². The number of carbonyl (C=O) groups excluding carboxylic acids is 1. The van der Waals surface area contributed by atoms with Crippen LogP contribution >= 0.6 is 22.9 Å². The minimum Gasteiger partial charge on any atom is -0.473 e. The molecule has 1 saturated heterocycles. The molecule has 5 aromatic rings. The minimum absolute atomic E-state index is 0.0846. The third-order valence-electron chi connectivity index (χ3n) is 8.13. The number of hydrogen-bond donors (Lipinski definition) is 0. The van der Waals surface area contributed by atoms with Crippen molar-refractivity contribution in [2.45, 2.75) is 65.3 Å². The van der Waals surface area contributed by atoms with E-state index in [2.05, 4.69) is 32.9 Å². The van der Waals surface area contributed by atoms with Gasteiger partial charge in [-0.2, -0.15) is 0 Å². The molecule has 0 bridgehead atoms. The first-order chi connectivity index (χ1) is 21.8. The Hall–Kier alpha value is -3.80. The summed E-state index contributed by atoms with van der Waals surface area (Å²) in [7, 11) is 0. The van der Waals surface area contributed by atoms with Crippen LogP contribution in [-0.4, -0.2) is 54.7 Å². The highest BCUT2D eigenvalue weighted by Gasteiger charge is 2.25. The molecule has 1 aliphatic heterocycles. The molecule has 236 valence electrons. The highest BCUT2D eigenvalue weighted by Crippen LogP contribution is 2.32. The van der Waals surface area contributed by atoms with Crippen molar-refractivity contribution < 1.29 is 18.7 Å². The second-order valence-electron chi connectivity index (χ2n) is 11.5. The molecule has 0 unspecified atom stereocenters. The average molecular weight is 651 g/mol. The Morgan fingerprint density at radius 2 is 1.96 bits per heavy atom. The minimum atomic E-state index is -0.392. The van der Waals surface area contributed by atoms with Crippen LogP contribution in [0.4, 0.5) is 4.39 Å². The molecule has 12 heteroatoms. The Morgan fingerprint density at radius 1 is 1.13 bits per heavy atom. The third-order valence-corrected chi connectivity index (χ3v) is 9.37. The second-order valence-corrected chi connectivity index (χ2v) is 13.0. The summed E-state index contributed by atoms with van der Waals surface area (Å²) < 4.78 is 29.6. The van der Waals surface area contributed by atoms with Gasteiger partial charge in [-0.25, -0.2) is 24.1 Å². The first kappa shape index (κ1) is 31.2. The van der Waals surface area contributed by atoms with Crippen molar-refractivity contribution in [3.8, 4) is 5.88 Å². The summed E-state index contributed by atoms with van der Waals surface area (Å²) in [6.07, 6.45) is 5.66. The predicted molar refractivity (Wildman–Crippen MR) is 173 cm³/mol. The Labute approximate surface area is 270 Å². The maximum atomic E-state index is 14.2. The Morgan fingerprint density at radius 3 is 2.71 bits per heavy atom. The molecule has 0 atom stereocenters. The number of ether oxygens (including phenoxy) is 2. The maximum Gasteiger partial charge on any atom is 0.348 e. The summed E-state index contributed by atoms with van der Waals surface area (Å²) in [4.78, 5) is 30.5. The van der Waals surface area contributed by atoms with Crippen LogP contribution in [0.2, 0.25) is 5.02 Å². The molecule has 0 spiro atoms. The van der Waals surface area contributed by atoms with Gasteiger partial charge in [0.1, 0.15) is 28.0 Å². The number of esters is 1. The lowest BCUT2D eigenvalue weighted by Gasteiger charge is -2.31. The summed E-state index contributed by atoms with van der Waals surface area (Å²) >= 11 is 7.24. The van der Waals surface area contributed by atoms with E-state index in [1.165, 1.54) is 17.4 Å². The van der Waals surface area contributed by atoms with E-state index < -0.39 is 5.82 Å². The molecule has 45 heavy (non-hydrogen) atoms. The lowest BCUT2D eigenvalue weighted by atomic mass is 9.93. The molecule has 1 aromatic carbocycles. The van der Waals surface area contributed by atoms with E-state index in [0.29, 0.717) is 47.0 Å². The number of likely N-dealkylation sites (tertiary alicyclic amines) is 1. The van der Waals surface area contributed by atoms with Crippen molar-refractivity contribution in [2.75, 3.05) is 19.7 Å². The van der Waals surface area contributed by atoms with Gasteiger partial charge in [0, 0.05) is 40.5 Å². The van der Waals surface area contributed by atoms with Gasteiger partial charge in [0.15, 0.2) is 0 Å². The Kier molecular flexibility index (Phi) is 9.48. The van der Waals surface area contributed by atoms with Gasteiger partial charge < -0.3 is 18.6 Å². The van der Waals surface area contributed by atoms with Crippen LogP contribution in [0.15, 0.2) is 55.0 Å². The first-order valence-electron chi connectivity index (χ1n) is 15.2. The zero-order valence-electron chi connectivity index (χ0n) is 25.6. The van der Waals surface area contributed by atoms with Gasteiger partial charge in [0.2, 0.25) is 5.88 Å². The molecular weight excluding hydrogens is 615 g/mol. The van der Waals surface area contributed by atoms with Crippen molar-refractivity contribution >= 4 is 39.3 Å². The summed E-state index contributed by atoms with van der Waals surface area (Å²) in [6.45, 7) is 9.60. The molecule has 1 aliphatic rings. The zero-order valence-corrected chi connectivity index (χ0v) is 27.2. The second kappa shape index (κ2) is 13.7. The van der Waals surface area contributed by atoms with Crippen LogP contribution in [0.1, 0.15) is 78.0 Å². The molecular formula is C33H36ClFN6O3S. The van der Waals surface area contributed by atoms with Crippen LogP contribution in [-0.2, 0) is 24.4 Å².